The van der Waals surface area contributed by atoms with Crippen LogP contribution in [0.3, 0.4) is 0 Å². The first-order valence-electron chi connectivity index (χ1n) is 6.31. The van der Waals surface area contributed by atoms with Gasteiger partial charge in [-0.3, -0.25) is 4.79 Å². The molecular weight excluding hydrogens is 294 g/mol. The number of amides is 1. The van der Waals surface area contributed by atoms with E-state index in [1.165, 1.54) is 17.8 Å². The number of rotatable bonds is 4. The minimum atomic E-state index is -0.797. The number of aromatic nitrogens is 1. The largest absolute Gasteiger partial charge is 0.320 e. The average molecular weight is 308 g/mol. The lowest BCUT2D eigenvalue weighted by molar-refractivity contribution is -0.115. The Morgan fingerprint density at radius 3 is 2.48 bits per heavy atom. The quantitative estimate of drug-likeness (QED) is 0.874. The number of hydrogen-bond donors (Lipinski definition) is 1. The van der Waals surface area contributed by atoms with Crippen LogP contribution in [0, 0.1) is 18.6 Å². The van der Waals surface area contributed by atoms with Crippen molar-refractivity contribution in [2.45, 2.75) is 24.1 Å². The highest BCUT2D eigenvalue weighted by Gasteiger charge is 2.18. The molecule has 1 N–H and O–H groups in total. The summed E-state index contributed by atoms with van der Waals surface area (Å²) in [7, 11) is 0. The number of hydrogen-bond acceptors (Lipinski definition) is 3. The first-order valence-corrected chi connectivity index (χ1v) is 7.19. The molecule has 1 heterocycles. The number of halogens is 2. The Morgan fingerprint density at radius 1 is 1.24 bits per heavy atom. The Balaban J connectivity index is 2.04. The monoisotopic (exact) mass is 308 g/mol. The summed E-state index contributed by atoms with van der Waals surface area (Å²) in [6, 6.07) is 7.12. The van der Waals surface area contributed by atoms with E-state index >= 15 is 0 Å². The third-order valence-corrected chi connectivity index (χ3v) is 3.81. The number of carbonyl (C=O) groups excluding carboxylic acids is 1. The molecule has 21 heavy (non-hydrogen) atoms. The molecule has 0 spiro atoms. The van der Waals surface area contributed by atoms with Gasteiger partial charge in [0.15, 0.2) is 0 Å². The summed E-state index contributed by atoms with van der Waals surface area (Å²) in [5, 5.41) is 2.42. The van der Waals surface area contributed by atoms with E-state index in [0.717, 1.165) is 17.7 Å². The third kappa shape index (κ3) is 4.01. The van der Waals surface area contributed by atoms with Crippen LogP contribution in [0.25, 0.3) is 0 Å². The molecule has 0 aliphatic heterocycles. The van der Waals surface area contributed by atoms with Crippen LogP contribution in [-0.4, -0.2) is 16.1 Å². The second-order valence-corrected chi connectivity index (χ2v) is 5.88. The van der Waals surface area contributed by atoms with Crippen molar-refractivity contribution in [3.05, 3.63) is 53.7 Å². The van der Waals surface area contributed by atoms with Crippen molar-refractivity contribution < 1.29 is 13.6 Å². The summed E-state index contributed by atoms with van der Waals surface area (Å²) in [6.45, 7) is 3.57. The molecule has 0 bridgehead atoms. The molecule has 1 aromatic heterocycles. The Hall–Kier alpha value is -1.95. The normalized spacial score (nSPS) is 12.0. The van der Waals surface area contributed by atoms with Gasteiger partial charge in [0, 0.05) is 6.20 Å². The van der Waals surface area contributed by atoms with Gasteiger partial charge in [0.2, 0.25) is 5.91 Å². The Morgan fingerprint density at radius 2 is 1.90 bits per heavy atom. The molecule has 0 radical (unpaired) electrons. The van der Waals surface area contributed by atoms with E-state index in [2.05, 4.69) is 10.3 Å². The summed E-state index contributed by atoms with van der Waals surface area (Å²) in [5.74, 6) is -2.07. The van der Waals surface area contributed by atoms with Crippen molar-refractivity contribution in [3.8, 4) is 0 Å². The Kier molecular flexibility index (Phi) is 4.90. The molecule has 0 saturated carbocycles. The molecule has 1 atom stereocenters. The molecule has 1 unspecified atom stereocenters. The number of anilines is 1. The fraction of sp³-hybridized carbons (Fsp3) is 0.200. The number of aryl methyl sites for hydroxylation is 1. The fourth-order valence-electron chi connectivity index (χ4n) is 1.60. The summed E-state index contributed by atoms with van der Waals surface area (Å²) in [5.41, 5.74) is 0.594. The predicted octanol–water partition coefficient (Wildman–Crippen LogP) is 3.79. The lowest BCUT2D eigenvalue weighted by atomic mass is 10.3. The van der Waals surface area contributed by atoms with Gasteiger partial charge >= 0.3 is 0 Å². The zero-order chi connectivity index (χ0) is 15.4. The second kappa shape index (κ2) is 6.67. The smallest absolute Gasteiger partial charge is 0.237 e. The molecule has 0 fully saturated rings. The Bertz CT molecular complexity index is 626. The van der Waals surface area contributed by atoms with Crippen LogP contribution >= 0.6 is 11.8 Å². The number of nitrogens with one attached hydrogen (secondary N) is 1. The number of benzene rings is 1. The standard InChI is InChI=1S/C15H14F2N2OS/c1-9-6-7-13(18-8-9)21-10(2)15(20)19-14-11(16)4-3-5-12(14)17/h3-8,10H,1-2H3,(H,19,20). The van der Waals surface area contributed by atoms with Gasteiger partial charge in [0.1, 0.15) is 17.3 Å². The van der Waals surface area contributed by atoms with Crippen molar-refractivity contribution in [3.63, 3.8) is 0 Å². The van der Waals surface area contributed by atoms with Crippen LogP contribution in [0.4, 0.5) is 14.5 Å². The van der Waals surface area contributed by atoms with Crippen molar-refractivity contribution in [1.29, 1.82) is 0 Å². The van der Waals surface area contributed by atoms with E-state index in [0.29, 0.717) is 5.03 Å². The molecular formula is C15H14F2N2OS. The van der Waals surface area contributed by atoms with Gasteiger partial charge in [-0.2, -0.15) is 0 Å². The maximum atomic E-state index is 13.5. The SMILES string of the molecule is Cc1ccc(SC(C)C(=O)Nc2c(F)cccc2F)nc1. The highest BCUT2D eigenvalue weighted by atomic mass is 32.2. The van der Waals surface area contributed by atoms with Gasteiger partial charge < -0.3 is 5.32 Å². The van der Waals surface area contributed by atoms with Crippen molar-refractivity contribution in [1.82, 2.24) is 4.98 Å². The van der Waals surface area contributed by atoms with Crippen LogP contribution < -0.4 is 5.32 Å². The third-order valence-electron chi connectivity index (χ3n) is 2.76. The maximum absolute atomic E-state index is 13.5. The van der Waals surface area contributed by atoms with E-state index < -0.39 is 28.5 Å². The summed E-state index contributed by atoms with van der Waals surface area (Å²) >= 11 is 1.22. The van der Waals surface area contributed by atoms with Gasteiger partial charge in [-0.1, -0.05) is 23.9 Å². The highest BCUT2D eigenvalue weighted by Crippen LogP contribution is 2.24. The maximum Gasteiger partial charge on any atom is 0.237 e. The molecule has 6 heteroatoms. The van der Waals surface area contributed by atoms with Gasteiger partial charge in [0.05, 0.1) is 10.3 Å². The van der Waals surface area contributed by atoms with Crippen LogP contribution in [0.2, 0.25) is 0 Å². The first kappa shape index (κ1) is 15.4. The van der Waals surface area contributed by atoms with Crippen LogP contribution in [0.1, 0.15) is 12.5 Å². The zero-order valence-electron chi connectivity index (χ0n) is 11.6. The van der Waals surface area contributed by atoms with E-state index in [9.17, 15) is 13.6 Å². The molecule has 3 nitrogen and oxygen atoms in total. The number of pyridine rings is 1. The fourth-order valence-corrected chi connectivity index (χ4v) is 2.39. The average Bonchev–Trinajstić information content (AvgIpc) is 2.45. The van der Waals surface area contributed by atoms with Crippen molar-refractivity contribution >= 4 is 23.4 Å². The number of nitrogens with zero attached hydrogens (tertiary/aromatic N) is 1. The summed E-state index contributed by atoms with van der Waals surface area (Å²) in [4.78, 5) is 16.2. The topological polar surface area (TPSA) is 42.0 Å². The summed E-state index contributed by atoms with van der Waals surface area (Å²) < 4.78 is 26.9. The van der Waals surface area contributed by atoms with Crippen LogP contribution in [0.5, 0.6) is 0 Å². The van der Waals surface area contributed by atoms with E-state index in [1.807, 2.05) is 13.0 Å². The Labute approximate surface area is 125 Å². The molecule has 0 saturated heterocycles. The van der Waals surface area contributed by atoms with Gasteiger partial charge in [-0.15, -0.1) is 0 Å². The van der Waals surface area contributed by atoms with E-state index in [-0.39, 0.29) is 0 Å². The molecule has 2 rings (SSSR count). The number of para-hydroxylation sites is 1. The molecule has 0 aliphatic rings. The lowest BCUT2D eigenvalue weighted by Gasteiger charge is -2.12. The number of carbonyl (C=O) groups is 1. The number of thioether (sulfide) groups is 1. The molecule has 2 aromatic rings. The van der Waals surface area contributed by atoms with E-state index in [1.54, 1.807) is 19.2 Å². The lowest BCUT2D eigenvalue weighted by Crippen LogP contribution is -2.23. The zero-order valence-corrected chi connectivity index (χ0v) is 12.4. The van der Waals surface area contributed by atoms with Gasteiger partial charge in [-0.05, 0) is 37.6 Å². The van der Waals surface area contributed by atoms with E-state index in [4.69, 9.17) is 0 Å². The molecule has 1 aromatic carbocycles. The highest BCUT2D eigenvalue weighted by molar-refractivity contribution is 8.00. The minimum Gasteiger partial charge on any atom is -0.320 e. The van der Waals surface area contributed by atoms with Crippen LogP contribution in [-0.2, 0) is 4.79 Å². The van der Waals surface area contributed by atoms with Crippen molar-refractivity contribution in [2.75, 3.05) is 5.32 Å². The van der Waals surface area contributed by atoms with Gasteiger partial charge in [0.25, 0.3) is 0 Å². The molecule has 1 amide bonds. The van der Waals surface area contributed by atoms with Gasteiger partial charge in [-0.25, -0.2) is 13.8 Å². The molecule has 110 valence electrons. The first-order chi connectivity index (χ1) is 9.97. The second-order valence-electron chi connectivity index (χ2n) is 4.52. The minimum absolute atomic E-state index is 0.424. The molecule has 0 aliphatic carbocycles. The summed E-state index contributed by atoms with van der Waals surface area (Å²) in [6.07, 6.45) is 1.70. The predicted molar refractivity (Wildman–Crippen MR) is 79.3 cm³/mol. The van der Waals surface area contributed by atoms with Crippen molar-refractivity contribution in [2.24, 2.45) is 0 Å². The van der Waals surface area contributed by atoms with Crippen LogP contribution in [0.15, 0.2) is 41.6 Å².